The molecule has 0 aliphatic rings. The second kappa shape index (κ2) is 10.1. The molecule has 8 heteroatoms. The molecule has 0 aliphatic carbocycles. The number of nitrogens with one attached hydrogen (secondary N) is 1. The Hall–Kier alpha value is -1.15. The molecule has 0 fully saturated rings. The Bertz CT molecular complexity index is 467. The van der Waals surface area contributed by atoms with Crippen LogP contribution in [0.5, 0.6) is 0 Å². The fourth-order valence-electron chi connectivity index (χ4n) is 1.79. The van der Waals surface area contributed by atoms with Crippen LogP contribution in [0, 0.1) is 0 Å². The molecule has 0 aromatic heterocycles. The van der Waals surface area contributed by atoms with E-state index in [2.05, 4.69) is 4.72 Å². The van der Waals surface area contributed by atoms with Gasteiger partial charge in [0.2, 0.25) is 6.10 Å². The molecule has 3 atom stereocenters. The molecule has 0 aliphatic heterocycles. The number of rotatable bonds is 8. The van der Waals surface area contributed by atoms with Crippen LogP contribution in [-0.4, -0.2) is 45.4 Å². The van der Waals surface area contributed by atoms with E-state index in [0.29, 0.717) is 12.8 Å². The summed E-state index contributed by atoms with van der Waals surface area (Å²) in [5, 5.41) is 0. The lowest BCUT2D eigenvalue weighted by molar-refractivity contribution is -0.157. The highest BCUT2D eigenvalue weighted by molar-refractivity contribution is 7.84. The molecule has 0 aromatic carbocycles. The van der Waals surface area contributed by atoms with Crippen LogP contribution in [0.15, 0.2) is 0 Å². The Labute approximate surface area is 153 Å². The highest BCUT2D eigenvalue weighted by atomic mass is 32.2. The largest absolute Gasteiger partial charge is 0.509 e. The van der Waals surface area contributed by atoms with Gasteiger partial charge < -0.3 is 14.2 Å². The maximum atomic E-state index is 12.4. The quantitative estimate of drug-likeness (QED) is 0.652. The van der Waals surface area contributed by atoms with Gasteiger partial charge in [0.05, 0.1) is 28.4 Å². The van der Waals surface area contributed by atoms with Crippen molar-refractivity contribution in [2.45, 2.75) is 90.7 Å². The molecule has 0 heterocycles. The Morgan fingerprint density at radius 1 is 1.08 bits per heavy atom. The van der Waals surface area contributed by atoms with Crippen LogP contribution in [-0.2, 0) is 30.0 Å². The van der Waals surface area contributed by atoms with Crippen LogP contribution >= 0.6 is 0 Å². The van der Waals surface area contributed by atoms with E-state index in [0.717, 1.165) is 0 Å². The van der Waals surface area contributed by atoms with Gasteiger partial charge in [0.1, 0.15) is 5.60 Å². The molecule has 1 N–H and O–H groups in total. The van der Waals surface area contributed by atoms with Gasteiger partial charge in [0.15, 0.2) is 0 Å². The van der Waals surface area contributed by atoms with Gasteiger partial charge in [-0.15, -0.1) is 0 Å². The smallest absolute Gasteiger partial charge is 0.463 e. The summed E-state index contributed by atoms with van der Waals surface area (Å²) in [5.41, 5.74) is -0.752. The molecule has 25 heavy (non-hydrogen) atoms. The second-order valence-corrected chi connectivity index (χ2v) is 9.65. The third kappa shape index (κ3) is 9.79. The molecule has 0 saturated carbocycles. The zero-order chi connectivity index (χ0) is 19.8. The zero-order valence-corrected chi connectivity index (χ0v) is 17.5. The maximum Gasteiger partial charge on any atom is 0.509 e. The van der Waals surface area contributed by atoms with Crippen molar-refractivity contribution in [2.75, 3.05) is 6.61 Å². The molecule has 148 valence electrons. The fraction of sp³-hybridized carbons (Fsp3) is 0.882. The SMILES string of the molecule is CCC[C@H](N[S@](=O)C(C)(C)C)[C@@H](OC(=O)OC(C)(C)C)C(=O)OCC. The first kappa shape index (κ1) is 23.9. The van der Waals surface area contributed by atoms with Gasteiger partial charge in [-0.3, -0.25) is 0 Å². The van der Waals surface area contributed by atoms with Crippen LogP contribution in [0.4, 0.5) is 4.79 Å². The van der Waals surface area contributed by atoms with Crippen LogP contribution in [0.2, 0.25) is 0 Å². The second-order valence-electron chi connectivity index (χ2n) is 7.65. The summed E-state index contributed by atoms with van der Waals surface area (Å²) in [5.74, 6) is -0.690. The van der Waals surface area contributed by atoms with E-state index in [1.807, 2.05) is 27.7 Å². The third-order valence-electron chi connectivity index (χ3n) is 2.91. The molecule has 0 saturated heterocycles. The highest BCUT2D eigenvalue weighted by Crippen LogP contribution is 2.17. The Kier molecular flexibility index (Phi) is 9.64. The Morgan fingerprint density at radius 3 is 2.04 bits per heavy atom. The van der Waals surface area contributed by atoms with Crippen molar-refractivity contribution in [2.24, 2.45) is 0 Å². The molecule has 0 spiro atoms. The van der Waals surface area contributed by atoms with Crippen LogP contribution < -0.4 is 4.72 Å². The standard InChI is InChI=1S/C17H33NO6S/c1-9-11-12(18-25(21)17(6,7)8)13(14(19)22-10-2)23-15(20)24-16(3,4)5/h12-13,18H,9-11H2,1-8H3/t12-,13+,25+/m0/s1. The van der Waals surface area contributed by atoms with Crippen molar-refractivity contribution in [1.82, 2.24) is 4.72 Å². The predicted molar refractivity (Wildman–Crippen MR) is 97.5 cm³/mol. The van der Waals surface area contributed by atoms with Gasteiger partial charge in [0, 0.05) is 0 Å². The van der Waals surface area contributed by atoms with Crippen molar-refractivity contribution in [3.63, 3.8) is 0 Å². The first-order valence-electron chi connectivity index (χ1n) is 8.56. The summed E-state index contributed by atoms with van der Waals surface area (Å²) in [4.78, 5) is 24.3. The van der Waals surface area contributed by atoms with Crippen molar-refractivity contribution in [3.8, 4) is 0 Å². The predicted octanol–water partition coefficient (Wildman–Crippen LogP) is 3.09. The average Bonchev–Trinajstić information content (AvgIpc) is 2.41. The average molecular weight is 380 g/mol. The van der Waals surface area contributed by atoms with E-state index >= 15 is 0 Å². The van der Waals surface area contributed by atoms with E-state index in [1.54, 1.807) is 27.7 Å². The van der Waals surface area contributed by atoms with Crippen molar-refractivity contribution >= 4 is 23.1 Å². The van der Waals surface area contributed by atoms with Gasteiger partial charge in [-0.05, 0) is 54.9 Å². The normalized spacial score (nSPS) is 15.8. The van der Waals surface area contributed by atoms with Crippen LogP contribution in [0.1, 0.15) is 68.2 Å². The van der Waals surface area contributed by atoms with E-state index in [4.69, 9.17) is 14.2 Å². The lowest BCUT2D eigenvalue weighted by atomic mass is 10.1. The number of esters is 1. The van der Waals surface area contributed by atoms with E-state index in [9.17, 15) is 13.8 Å². The highest BCUT2D eigenvalue weighted by Gasteiger charge is 2.37. The fourth-order valence-corrected chi connectivity index (χ4v) is 2.66. The summed E-state index contributed by atoms with van der Waals surface area (Å²) in [6.07, 6.45) is -1.02. The molecule has 0 bridgehead atoms. The first-order valence-corrected chi connectivity index (χ1v) is 9.71. The summed E-state index contributed by atoms with van der Waals surface area (Å²) >= 11 is 0. The van der Waals surface area contributed by atoms with Crippen LogP contribution in [0.25, 0.3) is 0 Å². The van der Waals surface area contributed by atoms with Crippen LogP contribution in [0.3, 0.4) is 0 Å². The monoisotopic (exact) mass is 379 g/mol. The Balaban J connectivity index is 5.38. The van der Waals surface area contributed by atoms with Gasteiger partial charge in [-0.1, -0.05) is 13.3 Å². The van der Waals surface area contributed by atoms with Gasteiger partial charge in [-0.25, -0.2) is 18.5 Å². The summed E-state index contributed by atoms with van der Waals surface area (Å²) < 4.78 is 30.2. The number of ether oxygens (including phenoxy) is 3. The van der Waals surface area contributed by atoms with Gasteiger partial charge in [0.25, 0.3) is 0 Å². The van der Waals surface area contributed by atoms with Gasteiger partial charge >= 0.3 is 12.1 Å². The molecule has 0 rings (SSSR count). The topological polar surface area (TPSA) is 90.9 Å². The molecule has 0 radical (unpaired) electrons. The van der Waals surface area contributed by atoms with E-state index in [-0.39, 0.29) is 6.61 Å². The summed E-state index contributed by atoms with van der Waals surface area (Å²) in [6.45, 7) is 14.3. The number of carbonyl (C=O) groups is 2. The van der Waals surface area contributed by atoms with E-state index < -0.39 is 45.6 Å². The molecule has 0 unspecified atom stereocenters. The molecule has 0 aromatic rings. The van der Waals surface area contributed by atoms with E-state index in [1.165, 1.54) is 0 Å². The number of carbonyl (C=O) groups excluding carboxylic acids is 2. The maximum absolute atomic E-state index is 12.4. The third-order valence-corrected chi connectivity index (χ3v) is 4.54. The number of hydrogen-bond acceptors (Lipinski definition) is 6. The lowest BCUT2D eigenvalue weighted by Gasteiger charge is -2.29. The lowest BCUT2D eigenvalue weighted by Crippen LogP contribution is -2.51. The van der Waals surface area contributed by atoms with Crippen molar-refractivity contribution < 1.29 is 28.0 Å². The minimum Gasteiger partial charge on any atom is -0.463 e. The molecule has 0 amide bonds. The Morgan fingerprint density at radius 2 is 1.64 bits per heavy atom. The minimum absolute atomic E-state index is 0.147. The molecular weight excluding hydrogens is 346 g/mol. The molecular formula is C17H33NO6S. The summed E-state index contributed by atoms with van der Waals surface area (Å²) in [7, 11) is -1.43. The zero-order valence-electron chi connectivity index (χ0n) is 16.6. The van der Waals surface area contributed by atoms with Crippen molar-refractivity contribution in [1.29, 1.82) is 0 Å². The number of hydrogen-bond donors (Lipinski definition) is 1. The van der Waals surface area contributed by atoms with Crippen molar-refractivity contribution in [3.05, 3.63) is 0 Å². The minimum atomic E-state index is -1.43. The molecule has 7 nitrogen and oxygen atoms in total. The van der Waals surface area contributed by atoms with Gasteiger partial charge in [-0.2, -0.15) is 0 Å². The first-order chi connectivity index (χ1) is 11.3. The summed E-state index contributed by atoms with van der Waals surface area (Å²) in [6, 6.07) is -0.642.